The van der Waals surface area contributed by atoms with Gasteiger partial charge in [-0.05, 0) is 18.9 Å². The van der Waals surface area contributed by atoms with Gasteiger partial charge in [-0.15, -0.1) is 0 Å². The Balaban J connectivity index is 1.89. The Labute approximate surface area is 132 Å². The van der Waals surface area contributed by atoms with Crippen LogP contribution >= 0.6 is 0 Å². The van der Waals surface area contributed by atoms with Gasteiger partial charge in [0.05, 0.1) is 6.61 Å². The predicted molar refractivity (Wildman–Crippen MR) is 85.5 cm³/mol. The molecule has 0 bridgehead atoms. The lowest BCUT2D eigenvalue weighted by Crippen LogP contribution is -2.43. The SMILES string of the molecule is CC(CO)N1CCCN(C(=O)[C@@H](O)Cc2ccccc2)CC1. The second-order valence-corrected chi connectivity index (χ2v) is 5.95. The molecule has 0 aliphatic carbocycles. The topological polar surface area (TPSA) is 64.0 Å². The second-order valence-electron chi connectivity index (χ2n) is 5.95. The number of rotatable bonds is 5. The van der Waals surface area contributed by atoms with Crippen molar-refractivity contribution in [1.82, 2.24) is 9.80 Å². The summed E-state index contributed by atoms with van der Waals surface area (Å²) in [4.78, 5) is 16.3. The summed E-state index contributed by atoms with van der Waals surface area (Å²) in [6.45, 7) is 5.01. The summed E-state index contributed by atoms with van der Waals surface area (Å²) in [5, 5.41) is 19.4. The van der Waals surface area contributed by atoms with Crippen molar-refractivity contribution in [3.05, 3.63) is 35.9 Å². The van der Waals surface area contributed by atoms with Gasteiger partial charge in [0.25, 0.3) is 5.91 Å². The first-order chi connectivity index (χ1) is 10.6. The Morgan fingerprint density at radius 3 is 2.59 bits per heavy atom. The number of hydrogen-bond acceptors (Lipinski definition) is 4. The fraction of sp³-hybridized carbons (Fsp3) is 0.588. The van der Waals surface area contributed by atoms with Crippen molar-refractivity contribution in [1.29, 1.82) is 0 Å². The van der Waals surface area contributed by atoms with Crippen LogP contribution in [0, 0.1) is 0 Å². The molecule has 122 valence electrons. The van der Waals surface area contributed by atoms with E-state index in [9.17, 15) is 15.0 Å². The van der Waals surface area contributed by atoms with Crippen molar-refractivity contribution in [2.75, 3.05) is 32.8 Å². The summed E-state index contributed by atoms with van der Waals surface area (Å²) in [5.74, 6) is -0.192. The number of hydrogen-bond donors (Lipinski definition) is 2. The Morgan fingerprint density at radius 1 is 1.18 bits per heavy atom. The molecule has 1 amide bonds. The molecule has 2 rings (SSSR count). The van der Waals surface area contributed by atoms with Gasteiger partial charge in [-0.2, -0.15) is 0 Å². The minimum atomic E-state index is -0.982. The quantitative estimate of drug-likeness (QED) is 0.832. The molecular weight excluding hydrogens is 280 g/mol. The highest BCUT2D eigenvalue weighted by Gasteiger charge is 2.25. The lowest BCUT2D eigenvalue weighted by atomic mass is 10.1. The Bertz CT molecular complexity index is 466. The van der Waals surface area contributed by atoms with Gasteiger partial charge >= 0.3 is 0 Å². The van der Waals surface area contributed by atoms with Gasteiger partial charge in [-0.3, -0.25) is 9.69 Å². The number of nitrogens with zero attached hydrogens (tertiary/aromatic N) is 2. The van der Waals surface area contributed by atoms with E-state index in [1.54, 1.807) is 4.90 Å². The van der Waals surface area contributed by atoms with Gasteiger partial charge < -0.3 is 15.1 Å². The average Bonchev–Trinajstić information content (AvgIpc) is 2.80. The highest BCUT2D eigenvalue weighted by atomic mass is 16.3. The zero-order valence-corrected chi connectivity index (χ0v) is 13.2. The molecule has 1 aliphatic heterocycles. The van der Waals surface area contributed by atoms with Crippen LogP contribution in [0.15, 0.2) is 30.3 Å². The molecule has 2 atom stereocenters. The molecule has 0 radical (unpaired) electrons. The van der Waals surface area contributed by atoms with E-state index in [1.165, 1.54) is 0 Å². The fourth-order valence-electron chi connectivity index (χ4n) is 2.85. The Kier molecular flexibility index (Phi) is 6.36. The molecule has 1 fully saturated rings. The van der Waals surface area contributed by atoms with Gasteiger partial charge in [-0.1, -0.05) is 30.3 Å². The van der Waals surface area contributed by atoms with Gasteiger partial charge in [0.2, 0.25) is 0 Å². The molecule has 1 saturated heterocycles. The van der Waals surface area contributed by atoms with Crippen LogP contribution in [0.25, 0.3) is 0 Å². The minimum Gasteiger partial charge on any atom is -0.395 e. The normalized spacial score (nSPS) is 19.5. The third-order valence-corrected chi connectivity index (χ3v) is 4.29. The highest BCUT2D eigenvalue weighted by molar-refractivity contribution is 5.81. The van der Waals surface area contributed by atoms with Crippen LogP contribution in [0.1, 0.15) is 18.9 Å². The van der Waals surface area contributed by atoms with Crippen molar-refractivity contribution >= 4 is 5.91 Å². The molecule has 1 aromatic carbocycles. The zero-order valence-electron chi connectivity index (χ0n) is 13.2. The van der Waals surface area contributed by atoms with Crippen LogP contribution in [-0.2, 0) is 11.2 Å². The third kappa shape index (κ3) is 4.53. The number of aliphatic hydroxyl groups excluding tert-OH is 2. The van der Waals surface area contributed by atoms with E-state index < -0.39 is 6.10 Å². The molecule has 22 heavy (non-hydrogen) atoms. The summed E-state index contributed by atoms with van der Waals surface area (Å²) >= 11 is 0. The summed E-state index contributed by atoms with van der Waals surface area (Å²) in [6, 6.07) is 9.69. The molecule has 1 heterocycles. The van der Waals surface area contributed by atoms with E-state index in [0.717, 1.165) is 25.1 Å². The van der Waals surface area contributed by atoms with E-state index in [4.69, 9.17) is 0 Å². The maximum absolute atomic E-state index is 12.4. The largest absolute Gasteiger partial charge is 0.395 e. The summed E-state index contributed by atoms with van der Waals surface area (Å²) in [7, 11) is 0. The number of benzene rings is 1. The van der Waals surface area contributed by atoms with Crippen LogP contribution < -0.4 is 0 Å². The monoisotopic (exact) mass is 306 g/mol. The molecule has 2 N–H and O–H groups in total. The highest BCUT2D eigenvalue weighted by Crippen LogP contribution is 2.10. The van der Waals surface area contributed by atoms with Gasteiger partial charge in [0.15, 0.2) is 0 Å². The Hall–Kier alpha value is -1.43. The van der Waals surface area contributed by atoms with E-state index in [-0.39, 0.29) is 18.6 Å². The Morgan fingerprint density at radius 2 is 1.91 bits per heavy atom. The molecule has 5 heteroatoms. The maximum Gasteiger partial charge on any atom is 0.251 e. The summed E-state index contributed by atoms with van der Waals surface area (Å²) in [5.41, 5.74) is 0.966. The summed E-state index contributed by atoms with van der Waals surface area (Å²) in [6.07, 6.45) is 0.241. The number of aliphatic hydroxyl groups is 2. The second kappa shape index (κ2) is 8.27. The van der Waals surface area contributed by atoms with E-state index >= 15 is 0 Å². The molecule has 1 unspecified atom stereocenters. The lowest BCUT2D eigenvalue weighted by Gasteiger charge is -2.27. The lowest BCUT2D eigenvalue weighted by molar-refractivity contribution is -0.140. The summed E-state index contributed by atoms with van der Waals surface area (Å²) < 4.78 is 0. The van der Waals surface area contributed by atoms with Crippen molar-refractivity contribution in [3.8, 4) is 0 Å². The number of amides is 1. The standard InChI is InChI=1S/C17H26N2O3/c1-14(13-20)18-8-5-9-19(11-10-18)17(22)16(21)12-15-6-3-2-4-7-15/h2-4,6-7,14,16,20-21H,5,8-13H2,1H3/t14?,16-/m0/s1. The zero-order chi connectivity index (χ0) is 15.9. The molecule has 0 aromatic heterocycles. The van der Waals surface area contributed by atoms with Crippen molar-refractivity contribution in [2.45, 2.75) is 31.9 Å². The fourth-order valence-corrected chi connectivity index (χ4v) is 2.85. The first-order valence-corrected chi connectivity index (χ1v) is 7.97. The number of carbonyl (C=O) groups excluding carboxylic acids is 1. The molecule has 1 aliphatic rings. The smallest absolute Gasteiger partial charge is 0.251 e. The van der Waals surface area contributed by atoms with E-state index in [0.29, 0.717) is 19.5 Å². The minimum absolute atomic E-state index is 0.115. The average molecular weight is 306 g/mol. The van der Waals surface area contributed by atoms with Gasteiger partial charge in [0, 0.05) is 38.6 Å². The molecule has 0 saturated carbocycles. The first kappa shape index (κ1) is 16.9. The molecule has 0 spiro atoms. The molecular formula is C17H26N2O3. The van der Waals surface area contributed by atoms with Crippen molar-refractivity contribution in [2.24, 2.45) is 0 Å². The van der Waals surface area contributed by atoms with E-state index in [1.807, 2.05) is 37.3 Å². The molecule has 1 aromatic rings. The van der Waals surface area contributed by atoms with Crippen LogP contribution in [0.4, 0.5) is 0 Å². The van der Waals surface area contributed by atoms with E-state index in [2.05, 4.69) is 4.90 Å². The number of carbonyl (C=O) groups is 1. The van der Waals surface area contributed by atoms with Crippen molar-refractivity contribution < 1.29 is 15.0 Å². The molecule has 5 nitrogen and oxygen atoms in total. The van der Waals surface area contributed by atoms with Gasteiger partial charge in [-0.25, -0.2) is 0 Å². The van der Waals surface area contributed by atoms with Crippen LogP contribution in [-0.4, -0.2) is 70.9 Å². The van der Waals surface area contributed by atoms with Gasteiger partial charge in [0.1, 0.15) is 6.10 Å². The van der Waals surface area contributed by atoms with Crippen LogP contribution in [0.2, 0.25) is 0 Å². The van der Waals surface area contributed by atoms with Crippen LogP contribution in [0.3, 0.4) is 0 Å². The first-order valence-electron chi connectivity index (χ1n) is 7.97. The third-order valence-electron chi connectivity index (χ3n) is 4.29. The van der Waals surface area contributed by atoms with Crippen molar-refractivity contribution in [3.63, 3.8) is 0 Å². The maximum atomic E-state index is 12.4. The van der Waals surface area contributed by atoms with Crippen LogP contribution in [0.5, 0.6) is 0 Å². The predicted octanol–water partition coefficient (Wildman–Crippen LogP) is 0.505.